The molecule has 84 valence electrons. The fourth-order valence-corrected chi connectivity index (χ4v) is 2.46. The van der Waals surface area contributed by atoms with Gasteiger partial charge in [-0.25, -0.2) is 0 Å². The van der Waals surface area contributed by atoms with Crippen molar-refractivity contribution in [2.75, 3.05) is 26.7 Å². The van der Waals surface area contributed by atoms with Gasteiger partial charge >= 0.3 is 0 Å². The standard InChI is InChI=1S/C12H26N2/c1-4-13-12-8-6-7-11(12)9-10-14(3)5-2/h11-13H,4-10H2,1-3H3. The molecule has 2 nitrogen and oxygen atoms in total. The van der Waals surface area contributed by atoms with E-state index in [1.807, 2.05) is 0 Å². The lowest BCUT2D eigenvalue weighted by Gasteiger charge is -2.22. The first kappa shape index (κ1) is 12.0. The third-order valence-electron chi connectivity index (χ3n) is 3.55. The highest BCUT2D eigenvalue weighted by atomic mass is 15.1. The minimum atomic E-state index is 0.810. The van der Waals surface area contributed by atoms with E-state index in [1.54, 1.807) is 0 Å². The number of nitrogens with zero attached hydrogens (tertiary/aromatic N) is 1. The summed E-state index contributed by atoms with van der Waals surface area (Å²) in [7, 11) is 2.22. The largest absolute Gasteiger partial charge is 0.314 e. The van der Waals surface area contributed by atoms with Gasteiger partial charge in [0.1, 0.15) is 0 Å². The molecule has 1 aliphatic rings. The first-order valence-electron chi connectivity index (χ1n) is 6.19. The van der Waals surface area contributed by atoms with Crippen molar-refractivity contribution in [3.8, 4) is 0 Å². The summed E-state index contributed by atoms with van der Waals surface area (Å²) in [6, 6.07) is 0.810. The summed E-state index contributed by atoms with van der Waals surface area (Å²) in [4.78, 5) is 2.42. The Kier molecular flexibility index (Phi) is 5.49. The molecule has 1 fully saturated rings. The maximum absolute atomic E-state index is 3.62. The summed E-state index contributed by atoms with van der Waals surface area (Å²) >= 11 is 0. The SMILES string of the molecule is CCNC1CCCC1CCN(C)CC. The molecule has 0 aliphatic heterocycles. The topological polar surface area (TPSA) is 15.3 Å². The van der Waals surface area contributed by atoms with E-state index in [4.69, 9.17) is 0 Å². The zero-order chi connectivity index (χ0) is 10.4. The Morgan fingerprint density at radius 3 is 2.71 bits per heavy atom. The summed E-state index contributed by atoms with van der Waals surface area (Å²) in [5.41, 5.74) is 0. The van der Waals surface area contributed by atoms with Crippen LogP contribution in [0.2, 0.25) is 0 Å². The van der Waals surface area contributed by atoms with Crippen LogP contribution < -0.4 is 5.32 Å². The van der Waals surface area contributed by atoms with Crippen molar-refractivity contribution in [2.24, 2.45) is 5.92 Å². The van der Waals surface area contributed by atoms with Crippen LogP contribution in [0.4, 0.5) is 0 Å². The summed E-state index contributed by atoms with van der Waals surface area (Å²) in [5, 5.41) is 3.62. The zero-order valence-corrected chi connectivity index (χ0v) is 10.1. The van der Waals surface area contributed by atoms with Gasteiger partial charge in [0.15, 0.2) is 0 Å². The van der Waals surface area contributed by atoms with Crippen molar-refractivity contribution in [1.29, 1.82) is 0 Å². The zero-order valence-electron chi connectivity index (χ0n) is 10.1. The molecule has 14 heavy (non-hydrogen) atoms. The molecule has 0 amide bonds. The molecule has 0 spiro atoms. The Hall–Kier alpha value is -0.0800. The van der Waals surface area contributed by atoms with E-state index in [9.17, 15) is 0 Å². The molecular formula is C12H26N2. The van der Waals surface area contributed by atoms with Crippen LogP contribution in [0.25, 0.3) is 0 Å². The summed E-state index contributed by atoms with van der Waals surface area (Å²) < 4.78 is 0. The van der Waals surface area contributed by atoms with Crippen LogP contribution >= 0.6 is 0 Å². The molecule has 1 N–H and O–H groups in total. The molecule has 0 bridgehead atoms. The monoisotopic (exact) mass is 198 g/mol. The van der Waals surface area contributed by atoms with Crippen molar-refractivity contribution < 1.29 is 0 Å². The van der Waals surface area contributed by atoms with Gasteiger partial charge in [0, 0.05) is 6.04 Å². The van der Waals surface area contributed by atoms with Crippen molar-refractivity contribution in [3.63, 3.8) is 0 Å². The molecular weight excluding hydrogens is 172 g/mol. The number of nitrogens with one attached hydrogen (secondary N) is 1. The van der Waals surface area contributed by atoms with Gasteiger partial charge in [0.25, 0.3) is 0 Å². The molecule has 1 aliphatic carbocycles. The normalized spacial score (nSPS) is 27.4. The molecule has 0 heterocycles. The van der Waals surface area contributed by atoms with Gasteiger partial charge in [-0.15, -0.1) is 0 Å². The highest BCUT2D eigenvalue weighted by molar-refractivity contribution is 4.83. The molecule has 0 radical (unpaired) electrons. The smallest absolute Gasteiger partial charge is 0.00956 e. The molecule has 1 rings (SSSR count). The van der Waals surface area contributed by atoms with Crippen LogP contribution in [0, 0.1) is 5.92 Å². The van der Waals surface area contributed by atoms with Crippen LogP contribution in [-0.4, -0.2) is 37.6 Å². The van der Waals surface area contributed by atoms with Gasteiger partial charge in [-0.1, -0.05) is 20.3 Å². The first-order chi connectivity index (χ1) is 6.77. The average Bonchev–Trinajstić information content (AvgIpc) is 2.62. The fraction of sp³-hybridized carbons (Fsp3) is 1.00. The Labute approximate surface area is 89.1 Å². The van der Waals surface area contributed by atoms with E-state index in [1.165, 1.54) is 38.8 Å². The highest BCUT2D eigenvalue weighted by Gasteiger charge is 2.25. The summed E-state index contributed by atoms with van der Waals surface area (Å²) in [6.45, 7) is 8.02. The lowest BCUT2D eigenvalue weighted by Crippen LogP contribution is -2.34. The second-order valence-corrected chi connectivity index (χ2v) is 4.54. The van der Waals surface area contributed by atoms with E-state index in [-0.39, 0.29) is 0 Å². The quantitative estimate of drug-likeness (QED) is 0.703. The van der Waals surface area contributed by atoms with Crippen LogP contribution in [-0.2, 0) is 0 Å². The third-order valence-corrected chi connectivity index (χ3v) is 3.55. The highest BCUT2D eigenvalue weighted by Crippen LogP contribution is 2.28. The van der Waals surface area contributed by atoms with E-state index < -0.39 is 0 Å². The number of rotatable bonds is 6. The van der Waals surface area contributed by atoms with Gasteiger partial charge in [0.2, 0.25) is 0 Å². The number of hydrogen-bond acceptors (Lipinski definition) is 2. The molecule has 2 heteroatoms. The maximum Gasteiger partial charge on any atom is 0.00956 e. The van der Waals surface area contributed by atoms with E-state index in [0.29, 0.717) is 0 Å². The third kappa shape index (κ3) is 3.58. The van der Waals surface area contributed by atoms with Crippen LogP contribution in [0.5, 0.6) is 0 Å². The summed E-state index contributed by atoms with van der Waals surface area (Å²) in [6.07, 6.45) is 5.64. The lowest BCUT2D eigenvalue weighted by molar-refractivity contribution is 0.291. The maximum atomic E-state index is 3.62. The second kappa shape index (κ2) is 6.41. The molecule has 2 atom stereocenters. The van der Waals surface area contributed by atoms with Crippen molar-refractivity contribution in [2.45, 2.75) is 45.6 Å². The van der Waals surface area contributed by atoms with Crippen molar-refractivity contribution in [1.82, 2.24) is 10.2 Å². The first-order valence-corrected chi connectivity index (χ1v) is 6.19. The van der Waals surface area contributed by atoms with Gasteiger partial charge in [-0.2, -0.15) is 0 Å². The molecule has 1 saturated carbocycles. The molecule has 0 saturated heterocycles. The van der Waals surface area contributed by atoms with Crippen molar-refractivity contribution >= 4 is 0 Å². The Morgan fingerprint density at radius 1 is 1.29 bits per heavy atom. The molecule has 0 aromatic heterocycles. The van der Waals surface area contributed by atoms with Crippen LogP contribution in [0.3, 0.4) is 0 Å². The average molecular weight is 198 g/mol. The van der Waals surface area contributed by atoms with Gasteiger partial charge in [0.05, 0.1) is 0 Å². The van der Waals surface area contributed by atoms with Crippen LogP contribution in [0.15, 0.2) is 0 Å². The van der Waals surface area contributed by atoms with E-state index >= 15 is 0 Å². The lowest BCUT2D eigenvalue weighted by atomic mass is 9.99. The fourth-order valence-electron chi connectivity index (χ4n) is 2.46. The van der Waals surface area contributed by atoms with Crippen LogP contribution in [0.1, 0.15) is 39.5 Å². The van der Waals surface area contributed by atoms with Gasteiger partial charge in [-0.05, 0) is 51.9 Å². The molecule has 0 aromatic rings. The molecule has 0 aromatic carbocycles. The predicted octanol–water partition coefficient (Wildman–Crippen LogP) is 2.11. The summed E-state index contributed by atoms with van der Waals surface area (Å²) in [5.74, 6) is 0.934. The Morgan fingerprint density at radius 2 is 2.07 bits per heavy atom. The Balaban J connectivity index is 2.21. The van der Waals surface area contributed by atoms with Crippen molar-refractivity contribution in [3.05, 3.63) is 0 Å². The van der Waals surface area contributed by atoms with Gasteiger partial charge in [-0.3, -0.25) is 0 Å². The van der Waals surface area contributed by atoms with Gasteiger partial charge < -0.3 is 10.2 Å². The predicted molar refractivity (Wildman–Crippen MR) is 62.6 cm³/mol. The van der Waals surface area contributed by atoms with E-state index in [0.717, 1.165) is 18.5 Å². The second-order valence-electron chi connectivity index (χ2n) is 4.54. The minimum Gasteiger partial charge on any atom is -0.314 e. The molecule has 2 unspecified atom stereocenters. The van der Waals surface area contributed by atoms with E-state index in [2.05, 4.69) is 31.1 Å². The Bertz CT molecular complexity index is 147. The number of hydrogen-bond donors (Lipinski definition) is 1. The minimum absolute atomic E-state index is 0.810.